The maximum Gasteiger partial charge on any atom is 0.193 e. The van der Waals surface area contributed by atoms with Crippen molar-refractivity contribution < 1.29 is 19.0 Å². The Kier molecular flexibility index (Phi) is 10.5. The van der Waals surface area contributed by atoms with Crippen LogP contribution in [0.3, 0.4) is 0 Å². The molecule has 4 heteroatoms. The quantitative estimate of drug-likeness (QED) is 0.237. The Bertz CT molecular complexity index is 895. The highest BCUT2D eigenvalue weighted by Gasteiger charge is 2.18. The van der Waals surface area contributed by atoms with Crippen molar-refractivity contribution in [2.45, 2.75) is 54.9 Å². The number of benzene rings is 2. The van der Waals surface area contributed by atoms with Crippen LogP contribution in [-0.4, -0.2) is 25.6 Å². The molecule has 0 aliphatic heterocycles. The Morgan fingerprint density at radius 2 is 1.30 bits per heavy atom. The summed E-state index contributed by atoms with van der Waals surface area (Å²) in [5, 5.41) is 0. The van der Waals surface area contributed by atoms with Gasteiger partial charge in [-0.25, -0.2) is 0 Å². The van der Waals surface area contributed by atoms with E-state index in [1.54, 1.807) is 6.08 Å². The van der Waals surface area contributed by atoms with Gasteiger partial charge in [0, 0.05) is 5.56 Å². The van der Waals surface area contributed by atoms with Gasteiger partial charge >= 0.3 is 0 Å². The average molecular weight is 453 g/mol. The first-order valence-corrected chi connectivity index (χ1v) is 12.1. The lowest BCUT2D eigenvalue weighted by Gasteiger charge is -2.17. The molecule has 0 atom stereocenters. The van der Waals surface area contributed by atoms with Crippen molar-refractivity contribution in [1.29, 1.82) is 0 Å². The number of aryl methyl sites for hydroxylation is 1. The summed E-state index contributed by atoms with van der Waals surface area (Å²) < 4.78 is 18.0. The number of ether oxygens (including phenoxy) is 3. The minimum Gasteiger partial charge on any atom is -0.493 e. The number of rotatable bonds is 13. The van der Waals surface area contributed by atoms with Gasteiger partial charge in [-0.05, 0) is 66.2 Å². The van der Waals surface area contributed by atoms with E-state index < -0.39 is 0 Å². The Morgan fingerprint density at radius 3 is 1.79 bits per heavy atom. The van der Waals surface area contributed by atoms with Crippen molar-refractivity contribution in [3.8, 4) is 17.2 Å². The predicted octanol–water partition coefficient (Wildman–Crippen LogP) is 7.25. The van der Waals surface area contributed by atoms with E-state index in [4.69, 9.17) is 14.2 Å². The van der Waals surface area contributed by atoms with Crippen LogP contribution in [0.15, 0.2) is 42.5 Å². The molecule has 0 aromatic heterocycles. The van der Waals surface area contributed by atoms with Crippen molar-refractivity contribution in [3.63, 3.8) is 0 Å². The zero-order valence-electron chi connectivity index (χ0n) is 21.3. The van der Waals surface area contributed by atoms with Crippen LogP contribution < -0.4 is 14.2 Å². The third kappa shape index (κ3) is 8.60. The van der Waals surface area contributed by atoms with E-state index in [1.807, 2.05) is 30.3 Å². The van der Waals surface area contributed by atoms with Gasteiger partial charge in [-0.1, -0.05) is 60.6 Å². The molecule has 4 nitrogen and oxygen atoms in total. The van der Waals surface area contributed by atoms with Crippen LogP contribution in [0, 0.1) is 17.8 Å². The normalized spacial score (nSPS) is 11.6. The number of carbonyl (C=O) groups excluding carboxylic acids is 1. The molecule has 2 aromatic rings. The standard InChI is InChI=1S/C29H40O4/c1-8-23-12-15-26(31-17-20(2)3)24(16-23)13-14-25(30)29-27(32-18-21(4)5)10-9-11-28(29)33-19-22(6)7/h9-16,20-22H,8,17-19H2,1-7H3/b14-13+. The van der Waals surface area contributed by atoms with E-state index >= 15 is 0 Å². The molecule has 0 spiro atoms. The lowest BCUT2D eigenvalue weighted by atomic mass is 10.0. The number of hydrogen-bond donors (Lipinski definition) is 0. The molecule has 0 unspecified atom stereocenters. The summed E-state index contributed by atoms with van der Waals surface area (Å²) in [6.07, 6.45) is 4.34. The van der Waals surface area contributed by atoms with Gasteiger partial charge in [-0.15, -0.1) is 0 Å². The number of hydrogen-bond acceptors (Lipinski definition) is 4. The molecule has 0 radical (unpaired) electrons. The summed E-state index contributed by atoms with van der Waals surface area (Å²) in [4.78, 5) is 13.4. The zero-order chi connectivity index (χ0) is 24.4. The fourth-order valence-corrected chi connectivity index (χ4v) is 3.09. The van der Waals surface area contributed by atoms with Gasteiger partial charge in [-0.2, -0.15) is 0 Å². The van der Waals surface area contributed by atoms with Crippen molar-refractivity contribution in [2.75, 3.05) is 19.8 Å². The van der Waals surface area contributed by atoms with Crippen molar-refractivity contribution >= 4 is 11.9 Å². The lowest BCUT2D eigenvalue weighted by molar-refractivity contribution is 0.103. The van der Waals surface area contributed by atoms with Crippen LogP contribution in [0.2, 0.25) is 0 Å². The summed E-state index contributed by atoms with van der Waals surface area (Å²) in [6.45, 7) is 16.4. The Morgan fingerprint density at radius 1 is 0.788 bits per heavy atom. The second kappa shape index (κ2) is 13.1. The van der Waals surface area contributed by atoms with Crippen molar-refractivity contribution in [2.24, 2.45) is 17.8 Å². The van der Waals surface area contributed by atoms with Crippen LogP contribution in [0.25, 0.3) is 6.08 Å². The summed E-state index contributed by atoms with van der Waals surface area (Å²) in [6, 6.07) is 11.7. The number of ketones is 1. The third-order valence-electron chi connectivity index (χ3n) is 4.85. The molecule has 0 fully saturated rings. The first kappa shape index (κ1) is 26.5. The van der Waals surface area contributed by atoms with Crippen LogP contribution >= 0.6 is 0 Å². The molecule has 180 valence electrons. The van der Waals surface area contributed by atoms with Crippen molar-refractivity contribution in [1.82, 2.24) is 0 Å². The van der Waals surface area contributed by atoms with E-state index in [-0.39, 0.29) is 5.78 Å². The van der Waals surface area contributed by atoms with Crippen LogP contribution in [-0.2, 0) is 6.42 Å². The molecule has 0 aliphatic rings. The maximum atomic E-state index is 13.4. The summed E-state index contributed by atoms with van der Waals surface area (Å²) in [7, 11) is 0. The molecule has 33 heavy (non-hydrogen) atoms. The minimum atomic E-state index is -0.148. The van der Waals surface area contributed by atoms with Gasteiger partial charge in [-0.3, -0.25) is 4.79 Å². The van der Waals surface area contributed by atoms with E-state index in [9.17, 15) is 4.79 Å². The topological polar surface area (TPSA) is 44.8 Å². The van der Waals surface area contributed by atoms with Gasteiger partial charge in [0.05, 0.1) is 19.8 Å². The third-order valence-corrected chi connectivity index (χ3v) is 4.85. The molecular formula is C29H40O4. The van der Waals surface area contributed by atoms with E-state index in [1.165, 1.54) is 5.56 Å². The summed E-state index contributed by atoms with van der Waals surface area (Å²) in [5.74, 6) is 2.86. The molecule has 0 saturated carbocycles. The highest BCUT2D eigenvalue weighted by Crippen LogP contribution is 2.31. The molecule has 0 amide bonds. The molecule has 0 aliphatic carbocycles. The van der Waals surface area contributed by atoms with Gasteiger partial charge in [0.1, 0.15) is 22.8 Å². The number of carbonyl (C=O) groups is 1. The predicted molar refractivity (Wildman–Crippen MR) is 137 cm³/mol. The SMILES string of the molecule is CCc1ccc(OCC(C)C)c(/C=C/C(=O)c2c(OCC(C)C)cccc2OCC(C)C)c1. The van der Waals surface area contributed by atoms with Crippen LogP contribution in [0.4, 0.5) is 0 Å². The smallest absolute Gasteiger partial charge is 0.193 e. The van der Waals surface area contributed by atoms with Crippen LogP contribution in [0.5, 0.6) is 17.2 Å². The van der Waals surface area contributed by atoms with Crippen molar-refractivity contribution in [3.05, 3.63) is 59.2 Å². The first-order valence-electron chi connectivity index (χ1n) is 12.1. The van der Waals surface area contributed by atoms with Gasteiger partial charge < -0.3 is 14.2 Å². The minimum absolute atomic E-state index is 0.148. The molecular weight excluding hydrogens is 412 g/mol. The first-order chi connectivity index (χ1) is 15.7. The molecule has 0 heterocycles. The fraction of sp³-hybridized carbons (Fsp3) is 0.483. The molecule has 0 N–H and O–H groups in total. The second-order valence-electron chi connectivity index (χ2n) is 9.67. The average Bonchev–Trinajstić information content (AvgIpc) is 2.78. The Hall–Kier alpha value is -2.75. The summed E-state index contributed by atoms with van der Waals surface area (Å²) in [5.41, 5.74) is 2.56. The van der Waals surface area contributed by atoms with E-state index in [0.717, 1.165) is 17.7 Å². The summed E-state index contributed by atoms with van der Waals surface area (Å²) >= 11 is 0. The fourth-order valence-electron chi connectivity index (χ4n) is 3.09. The molecule has 0 bridgehead atoms. The van der Waals surface area contributed by atoms with Gasteiger partial charge in [0.2, 0.25) is 0 Å². The maximum absolute atomic E-state index is 13.4. The second-order valence-corrected chi connectivity index (χ2v) is 9.67. The van der Waals surface area contributed by atoms with Crippen LogP contribution in [0.1, 0.15) is 70.0 Å². The largest absolute Gasteiger partial charge is 0.493 e. The van der Waals surface area contributed by atoms with E-state index in [0.29, 0.717) is 54.6 Å². The van der Waals surface area contributed by atoms with Gasteiger partial charge in [0.25, 0.3) is 0 Å². The Labute approximate surface area is 200 Å². The number of allylic oxidation sites excluding steroid dienone is 1. The highest BCUT2D eigenvalue weighted by atomic mass is 16.5. The van der Waals surface area contributed by atoms with E-state index in [2.05, 4.69) is 60.6 Å². The molecule has 2 aromatic carbocycles. The monoisotopic (exact) mass is 452 g/mol. The zero-order valence-corrected chi connectivity index (χ0v) is 21.3. The Balaban J connectivity index is 2.39. The lowest BCUT2D eigenvalue weighted by Crippen LogP contribution is -2.11. The highest BCUT2D eigenvalue weighted by molar-refractivity contribution is 6.10. The molecule has 2 rings (SSSR count). The molecule has 0 saturated heterocycles. The van der Waals surface area contributed by atoms with Gasteiger partial charge in [0.15, 0.2) is 5.78 Å².